The molecule has 0 fully saturated rings. The lowest BCUT2D eigenvalue weighted by Gasteiger charge is -2.15. The van der Waals surface area contributed by atoms with Crippen molar-refractivity contribution < 1.29 is 9.13 Å². The van der Waals surface area contributed by atoms with Gasteiger partial charge in [-0.25, -0.2) is 4.39 Å². The molecule has 0 spiro atoms. The minimum atomic E-state index is -0.495. The van der Waals surface area contributed by atoms with Gasteiger partial charge in [0.25, 0.3) is 0 Å². The van der Waals surface area contributed by atoms with Crippen LogP contribution in [0.2, 0.25) is 5.02 Å². The molecule has 0 aromatic heterocycles. The minimum Gasteiger partial charge on any atom is -0.453 e. The molecular formula is C15H14ClFINO. The van der Waals surface area contributed by atoms with Gasteiger partial charge in [0, 0.05) is 15.2 Å². The third-order valence-electron chi connectivity index (χ3n) is 2.93. The molecule has 0 amide bonds. The summed E-state index contributed by atoms with van der Waals surface area (Å²) in [6.45, 7) is 1.90. The number of hydrogen-bond donors (Lipinski definition) is 1. The normalized spacial score (nSPS) is 12.2. The topological polar surface area (TPSA) is 35.2 Å². The Labute approximate surface area is 136 Å². The summed E-state index contributed by atoms with van der Waals surface area (Å²) in [7, 11) is 0. The predicted molar refractivity (Wildman–Crippen MR) is 87.9 cm³/mol. The lowest BCUT2D eigenvalue weighted by molar-refractivity contribution is 0.434. The molecule has 2 aromatic carbocycles. The van der Waals surface area contributed by atoms with Crippen LogP contribution in [0.15, 0.2) is 36.4 Å². The Morgan fingerprint density at radius 2 is 2.10 bits per heavy atom. The molecule has 0 aliphatic rings. The molecule has 0 aliphatic heterocycles. The van der Waals surface area contributed by atoms with Gasteiger partial charge in [-0.15, -0.1) is 0 Å². The van der Waals surface area contributed by atoms with E-state index in [-0.39, 0.29) is 16.8 Å². The van der Waals surface area contributed by atoms with Gasteiger partial charge in [0.05, 0.1) is 5.02 Å². The summed E-state index contributed by atoms with van der Waals surface area (Å²) in [6, 6.07) is 10.2. The maximum absolute atomic E-state index is 14.5. The van der Waals surface area contributed by atoms with E-state index in [9.17, 15) is 4.39 Å². The third kappa shape index (κ3) is 3.42. The van der Waals surface area contributed by atoms with Gasteiger partial charge in [0.2, 0.25) is 0 Å². The van der Waals surface area contributed by atoms with Gasteiger partial charge in [-0.1, -0.05) is 30.7 Å². The van der Waals surface area contributed by atoms with E-state index in [0.29, 0.717) is 17.7 Å². The summed E-state index contributed by atoms with van der Waals surface area (Å²) < 4.78 is 21.1. The Bertz CT molecular complexity index is 621. The predicted octanol–water partition coefficient (Wildman–Crippen LogP) is 5.29. The third-order valence-corrected chi connectivity index (χ3v) is 3.90. The molecular weight excluding hydrogens is 392 g/mol. The SMILES string of the molecule is CC[C@H](N)c1ccc(Cl)c(Oc2cccc(I)c2)c1F. The zero-order chi connectivity index (χ0) is 14.7. The van der Waals surface area contributed by atoms with E-state index in [1.807, 2.05) is 25.1 Å². The van der Waals surface area contributed by atoms with Gasteiger partial charge in [-0.3, -0.25) is 0 Å². The van der Waals surface area contributed by atoms with Crippen LogP contribution in [-0.2, 0) is 0 Å². The molecule has 5 heteroatoms. The summed E-state index contributed by atoms with van der Waals surface area (Å²) in [5.41, 5.74) is 6.31. The quantitative estimate of drug-likeness (QED) is 0.702. The molecule has 2 rings (SSSR count). The Balaban J connectivity index is 2.40. The van der Waals surface area contributed by atoms with Crippen LogP contribution in [0.3, 0.4) is 0 Å². The van der Waals surface area contributed by atoms with Gasteiger partial charge in [0.15, 0.2) is 11.6 Å². The molecule has 20 heavy (non-hydrogen) atoms. The summed E-state index contributed by atoms with van der Waals surface area (Å²) in [5, 5.41) is 0.230. The number of hydrogen-bond acceptors (Lipinski definition) is 2. The average Bonchev–Trinajstić information content (AvgIpc) is 2.43. The Morgan fingerprint density at radius 1 is 1.35 bits per heavy atom. The van der Waals surface area contributed by atoms with E-state index < -0.39 is 5.82 Å². The summed E-state index contributed by atoms with van der Waals surface area (Å²) in [6.07, 6.45) is 0.640. The smallest absolute Gasteiger partial charge is 0.181 e. The summed E-state index contributed by atoms with van der Waals surface area (Å²) >= 11 is 8.19. The molecule has 2 nitrogen and oxygen atoms in total. The molecule has 0 bridgehead atoms. The molecule has 106 valence electrons. The molecule has 1 atom stereocenters. The molecule has 0 aliphatic carbocycles. The van der Waals surface area contributed by atoms with Crippen molar-refractivity contribution in [3.8, 4) is 11.5 Å². The van der Waals surface area contributed by atoms with Crippen molar-refractivity contribution >= 4 is 34.2 Å². The zero-order valence-corrected chi connectivity index (χ0v) is 13.8. The molecule has 0 heterocycles. The van der Waals surface area contributed by atoms with Crippen LogP contribution in [0.1, 0.15) is 24.9 Å². The number of rotatable bonds is 4. The van der Waals surface area contributed by atoms with E-state index >= 15 is 0 Å². The van der Waals surface area contributed by atoms with Gasteiger partial charge >= 0.3 is 0 Å². The molecule has 0 unspecified atom stereocenters. The van der Waals surface area contributed by atoms with Gasteiger partial charge < -0.3 is 10.5 Å². The number of ether oxygens (including phenoxy) is 1. The van der Waals surface area contributed by atoms with Gasteiger partial charge in [0.1, 0.15) is 5.75 Å². The molecule has 0 radical (unpaired) electrons. The number of halogens is 3. The van der Waals surface area contributed by atoms with Crippen molar-refractivity contribution in [3.05, 3.63) is 56.4 Å². The first kappa shape index (κ1) is 15.5. The fourth-order valence-corrected chi connectivity index (χ4v) is 2.49. The van der Waals surface area contributed by atoms with Crippen LogP contribution in [0.5, 0.6) is 11.5 Å². The summed E-state index contributed by atoms with van der Waals surface area (Å²) in [4.78, 5) is 0. The molecule has 2 aromatic rings. The highest BCUT2D eigenvalue weighted by molar-refractivity contribution is 14.1. The van der Waals surface area contributed by atoms with E-state index in [1.165, 1.54) is 0 Å². The van der Waals surface area contributed by atoms with Crippen molar-refractivity contribution in [2.45, 2.75) is 19.4 Å². The minimum absolute atomic E-state index is 0.0232. The average molecular weight is 406 g/mol. The van der Waals surface area contributed by atoms with Gasteiger partial charge in [-0.2, -0.15) is 0 Å². The standard InChI is InChI=1S/C15H14ClFINO/c1-2-13(19)11-6-7-12(16)15(14(11)17)20-10-5-3-4-9(18)8-10/h3-8,13H,2,19H2,1H3/t13-/m0/s1. The van der Waals surface area contributed by atoms with Crippen LogP contribution < -0.4 is 10.5 Å². The maximum atomic E-state index is 14.5. The largest absolute Gasteiger partial charge is 0.453 e. The second-order valence-electron chi connectivity index (χ2n) is 4.35. The number of benzene rings is 2. The van der Waals surface area contributed by atoms with E-state index in [2.05, 4.69) is 22.6 Å². The highest BCUT2D eigenvalue weighted by Gasteiger charge is 2.18. The highest BCUT2D eigenvalue weighted by atomic mass is 127. The molecule has 0 saturated carbocycles. The van der Waals surface area contributed by atoms with E-state index in [1.54, 1.807) is 18.2 Å². The number of nitrogens with two attached hydrogens (primary N) is 1. The molecule has 2 N–H and O–H groups in total. The highest BCUT2D eigenvalue weighted by Crippen LogP contribution is 2.36. The van der Waals surface area contributed by atoms with Crippen molar-refractivity contribution in [1.82, 2.24) is 0 Å². The van der Waals surface area contributed by atoms with Crippen molar-refractivity contribution in [3.63, 3.8) is 0 Å². The monoisotopic (exact) mass is 405 g/mol. The Morgan fingerprint density at radius 3 is 2.75 bits per heavy atom. The van der Waals surface area contributed by atoms with E-state index in [4.69, 9.17) is 22.1 Å². The fourth-order valence-electron chi connectivity index (χ4n) is 1.80. The molecule has 0 saturated heterocycles. The van der Waals surface area contributed by atoms with Gasteiger partial charge in [-0.05, 0) is 53.3 Å². The Hall–Kier alpha value is -0.850. The first-order chi connectivity index (χ1) is 9.52. The second-order valence-corrected chi connectivity index (χ2v) is 6.01. The van der Waals surface area contributed by atoms with Crippen LogP contribution in [-0.4, -0.2) is 0 Å². The fraction of sp³-hybridized carbons (Fsp3) is 0.200. The zero-order valence-electron chi connectivity index (χ0n) is 10.9. The first-order valence-corrected chi connectivity index (χ1v) is 7.65. The first-order valence-electron chi connectivity index (χ1n) is 6.19. The van der Waals surface area contributed by atoms with Crippen molar-refractivity contribution in [2.75, 3.05) is 0 Å². The van der Waals surface area contributed by atoms with Crippen LogP contribution in [0.25, 0.3) is 0 Å². The lowest BCUT2D eigenvalue weighted by atomic mass is 10.0. The van der Waals surface area contributed by atoms with Crippen LogP contribution >= 0.6 is 34.2 Å². The van der Waals surface area contributed by atoms with Crippen molar-refractivity contribution in [2.24, 2.45) is 5.73 Å². The van der Waals surface area contributed by atoms with Crippen LogP contribution in [0.4, 0.5) is 4.39 Å². The summed E-state index contributed by atoms with van der Waals surface area (Å²) in [5.74, 6) is 0.0701. The second kappa shape index (κ2) is 6.74. The lowest BCUT2D eigenvalue weighted by Crippen LogP contribution is -2.11. The Kier molecular flexibility index (Phi) is 5.23. The van der Waals surface area contributed by atoms with Crippen molar-refractivity contribution in [1.29, 1.82) is 0 Å². The maximum Gasteiger partial charge on any atom is 0.181 e. The van der Waals surface area contributed by atoms with E-state index in [0.717, 1.165) is 3.57 Å². The van der Waals surface area contributed by atoms with Crippen LogP contribution in [0, 0.1) is 9.39 Å².